The summed E-state index contributed by atoms with van der Waals surface area (Å²) in [6, 6.07) is 11.9. The van der Waals surface area contributed by atoms with Gasteiger partial charge in [-0.25, -0.2) is 4.79 Å². The van der Waals surface area contributed by atoms with Crippen molar-refractivity contribution >= 4 is 34.9 Å². The van der Waals surface area contributed by atoms with E-state index in [0.29, 0.717) is 47.0 Å². The first kappa shape index (κ1) is 18.2. The summed E-state index contributed by atoms with van der Waals surface area (Å²) in [7, 11) is 0. The van der Waals surface area contributed by atoms with Gasteiger partial charge in [0.15, 0.2) is 11.5 Å². The molecule has 0 spiro atoms. The molecule has 0 bridgehead atoms. The fraction of sp³-hybridized carbons (Fsp3) is 0.235. The quantitative estimate of drug-likeness (QED) is 0.702. The van der Waals surface area contributed by atoms with Crippen LogP contribution < -0.4 is 20.1 Å². The van der Waals surface area contributed by atoms with E-state index in [9.17, 15) is 4.79 Å². The van der Waals surface area contributed by atoms with Gasteiger partial charge in [-0.1, -0.05) is 35.3 Å². The van der Waals surface area contributed by atoms with Crippen molar-refractivity contribution in [3.05, 3.63) is 52.5 Å². The van der Waals surface area contributed by atoms with Crippen molar-refractivity contribution in [3.63, 3.8) is 0 Å². The van der Waals surface area contributed by atoms with Gasteiger partial charge in [-0.05, 0) is 37.3 Å². The Kier molecular flexibility index (Phi) is 7.03. The molecule has 0 radical (unpaired) electrons. The number of hydrogen-bond acceptors (Lipinski definition) is 3. The summed E-state index contributed by atoms with van der Waals surface area (Å²) >= 11 is 11.7. The van der Waals surface area contributed by atoms with E-state index in [1.54, 1.807) is 18.2 Å². The number of nitrogens with one attached hydrogen (secondary N) is 2. The smallest absolute Gasteiger partial charge is 0.319 e. The number of rotatable bonds is 7. The van der Waals surface area contributed by atoms with Gasteiger partial charge in [0.05, 0.1) is 23.2 Å². The Labute approximate surface area is 150 Å². The van der Waals surface area contributed by atoms with E-state index in [1.807, 2.05) is 31.2 Å². The van der Waals surface area contributed by atoms with Gasteiger partial charge in [-0.2, -0.15) is 0 Å². The van der Waals surface area contributed by atoms with E-state index in [2.05, 4.69) is 10.6 Å². The van der Waals surface area contributed by atoms with Crippen molar-refractivity contribution in [1.29, 1.82) is 0 Å². The SMILES string of the molecule is CCOc1ccccc1OCCNC(=O)Nc1ccc(Cl)c(Cl)c1. The van der Waals surface area contributed by atoms with Crippen LogP contribution >= 0.6 is 23.2 Å². The van der Waals surface area contributed by atoms with E-state index in [-0.39, 0.29) is 6.03 Å². The summed E-state index contributed by atoms with van der Waals surface area (Å²) in [6.07, 6.45) is 0. The Balaban J connectivity index is 1.76. The molecule has 2 aromatic rings. The van der Waals surface area contributed by atoms with E-state index < -0.39 is 0 Å². The third kappa shape index (κ3) is 5.51. The molecule has 7 heteroatoms. The monoisotopic (exact) mass is 368 g/mol. The lowest BCUT2D eigenvalue weighted by Gasteiger charge is -2.12. The first-order valence-corrected chi connectivity index (χ1v) is 8.20. The van der Waals surface area contributed by atoms with Crippen LogP contribution in [0.15, 0.2) is 42.5 Å². The van der Waals surface area contributed by atoms with E-state index in [4.69, 9.17) is 32.7 Å². The molecule has 0 aliphatic carbocycles. The lowest BCUT2D eigenvalue weighted by atomic mass is 10.3. The van der Waals surface area contributed by atoms with Gasteiger partial charge in [-0.3, -0.25) is 0 Å². The highest BCUT2D eigenvalue weighted by atomic mass is 35.5. The summed E-state index contributed by atoms with van der Waals surface area (Å²) in [5.74, 6) is 1.33. The van der Waals surface area contributed by atoms with Crippen molar-refractivity contribution in [2.24, 2.45) is 0 Å². The molecular formula is C17H18Cl2N2O3. The highest BCUT2D eigenvalue weighted by molar-refractivity contribution is 6.42. The molecule has 24 heavy (non-hydrogen) atoms. The van der Waals surface area contributed by atoms with E-state index >= 15 is 0 Å². The van der Waals surface area contributed by atoms with Crippen LogP contribution in [-0.2, 0) is 0 Å². The van der Waals surface area contributed by atoms with Crippen molar-refractivity contribution in [2.45, 2.75) is 6.92 Å². The summed E-state index contributed by atoms with van der Waals surface area (Å²) in [4.78, 5) is 11.8. The number of benzene rings is 2. The minimum absolute atomic E-state index is 0.318. The molecule has 128 valence electrons. The lowest BCUT2D eigenvalue weighted by molar-refractivity contribution is 0.245. The molecular weight excluding hydrogens is 351 g/mol. The summed E-state index contributed by atoms with van der Waals surface area (Å²) in [5, 5.41) is 6.18. The average Bonchev–Trinajstić information content (AvgIpc) is 2.57. The van der Waals surface area contributed by atoms with Crippen LogP contribution in [0.1, 0.15) is 6.92 Å². The lowest BCUT2D eigenvalue weighted by Crippen LogP contribution is -2.32. The Bertz CT molecular complexity index is 695. The zero-order valence-electron chi connectivity index (χ0n) is 13.1. The van der Waals surface area contributed by atoms with Crippen LogP contribution in [0.5, 0.6) is 11.5 Å². The largest absolute Gasteiger partial charge is 0.490 e. The first-order valence-electron chi connectivity index (χ1n) is 7.44. The highest BCUT2D eigenvalue weighted by Gasteiger charge is 2.05. The number of urea groups is 1. The van der Waals surface area contributed by atoms with Crippen LogP contribution in [0.25, 0.3) is 0 Å². The maximum Gasteiger partial charge on any atom is 0.319 e. The van der Waals surface area contributed by atoms with Crippen molar-refractivity contribution < 1.29 is 14.3 Å². The van der Waals surface area contributed by atoms with Crippen LogP contribution in [0.4, 0.5) is 10.5 Å². The molecule has 0 heterocycles. The predicted molar refractivity (Wildman–Crippen MR) is 96.6 cm³/mol. The zero-order chi connectivity index (χ0) is 17.4. The molecule has 2 N–H and O–H groups in total. The maximum atomic E-state index is 11.8. The maximum absolute atomic E-state index is 11.8. The highest BCUT2D eigenvalue weighted by Crippen LogP contribution is 2.26. The van der Waals surface area contributed by atoms with Crippen molar-refractivity contribution in [2.75, 3.05) is 25.1 Å². The zero-order valence-corrected chi connectivity index (χ0v) is 14.7. The molecule has 0 fully saturated rings. The normalized spacial score (nSPS) is 10.1. The topological polar surface area (TPSA) is 59.6 Å². The van der Waals surface area contributed by atoms with Crippen LogP contribution in [0.2, 0.25) is 10.0 Å². The molecule has 0 unspecified atom stereocenters. The molecule has 0 aliphatic rings. The minimum Gasteiger partial charge on any atom is -0.490 e. The molecule has 2 rings (SSSR count). The molecule has 0 aromatic heterocycles. The first-order chi connectivity index (χ1) is 11.6. The molecule has 0 aliphatic heterocycles. The number of halogens is 2. The van der Waals surface area contributed by atoms with Gasteiger partial charge in [0, 0.05) is 5.69 Å². The summed E-state index contributed by atoms with van der Waals surface area (Å²) < 4.78 is 11.1. The van der Waals surface area contributed by atoms with E-state index in [0.717, 1.165) is 0 Å². The second-order valence-electron chi connectivity index (χ2n) is 4.74. The van der Waals surface area contributed by atoms with Gasteiger partial charge in [-0.15, -0.1) is 0 Å². The second kappa shape index (κ2) is 9.25. The Morgan fingerprint density at radius 1 is 1.04 bits per heavy atom. The fourth-order valence-electron chi connectivity index (χ4n) is 1.92. The van der Waals surface area contributed by atoms with Crippen LogP contribution in [0.3, 0.4) is 0 Å². The molecule has 5 nitrogen and oxygen atoms in total. The van der Waals surface area contributed by atoms with Gasteiger partial charge in [0.1, 0.15) is 6.61 Å². The number of para-hydroxylation sites is 2. The van der Waals surface area contributed by atoms with E-state index in [1.165, 1.54) is 0 Å². The molecule has 2 aromatic carbocycles. The Hall–Kier alpha value is -2.11. The Morgan fingerprint density at radius 3 is 2.42 bits per heavy atom. The predicted octanol–water partition coefficient (Wildman–Crippen LogP) is 4.59. The molecule has 0 saturated heterocycles. The second-order valence-corrected chi connectivity index (χ2v) is 5.55. The standard InChI is InChI=1S/C17H18Cl2N2O3/c1-2-23-15-5-3-4-6-16(15)24-10-9-20-17(22)21-12-7-8-13(18)14(19)11-12/h3-8,11H,2,9-10H2,1H3,(H2,20,21,22). The number of anilines is 1. The number of amides is 2. The van der Waals surface area contributed by atoms with Gasteiger partial charge in [0.2, 0.25) is 0 Å². The Morgan fingerprint density at radius 2 is 1.75 bits per heavy atom. The van der Waals surface area contributed by atoms with Crippen molar-refractivity contribution in [3.8, 4) is 11.5 Å². The van der Waals surface area contributed by atoms with Crippen molar-refractivity contribution in [1.82, 2.24) is 5.32 Å². The fourth-order valence-corrected chi connectivity index (χ4v) is 2.22. The molecule has 2 amide bonds. The molecule has 0 saturated carbocycles. The molecule has 0 atom stereocenters. The average molecular weight is 369 g/mol. The number of carbonyl (C=O) groups excluding carboxylic acids is 1. The summed E-state index contributed by atoms with van der Waals surface area (Å²) in [6.45, 7) is 3.13. The summed E-state index contributed by atoms with van der Waals surface area (Å²) in [5.41, 5.74) is 0.560. The minimum atomic E-state index is -0.352. The van der Waals surface area contributed by atoms with Crippen LogP contribution in [0, 0.1) is 0 Å². The van der Waals surface area contributed by atoms with Gasteiger partial charge in [0.25, 0.3) is 0 Å². The van der Waals surface area contributed by atoms with Gasteiger partial charge >= 0.3 is 6.03 Å². The van der Waals surface area contributed by atoms with Gasteiger partial charge < -0.3 is 20.1 Å². The third-order valence-corrected chi connectivity index (χ3v) is 3.71. The number of ether oxygens (including phenoxy) is 2. The number of hydrogen-bond donors (Lipinski definition) is 2. The number of carbonyl (C=O) groups is 1. The third-order valence-electron chi connectivity index (χ3n) is 2.97. The van der Waals surface area contributed by atoms with Crippen LogP contribution in [-0.4, -0.2) is 25.8 Å².